The van der Waals surface area contributed by atoms with Crippen LogP contribution in [0.4, 0.5) is 5.82 Å². The lowest BCUT2D eigenvalue weighted by atomic mass is 10.1. The van der Waals surface area contributed by atoms with E-state index in [-0.39, 0.29) is 5.91 Å². The quantitative estimate of drug-likeness (QED) is 0.857. The van der Waals surface area contributed by atoms with Crippen LogP contribution in [0.25, 0.3) is 11.4 Å². The van der Waals surface area contributed by atoms with Gasteiger partial charge in [-0.1, -0.05) is 0 Å². The number of pyridine rings is 1. The Morgan fingerprint density at radius 1 is 1.29 bits per heavy atom. The molecule has 24 heavy (non-hydrogen) atoms. The van der Waals surface area contributed by atoms with Crippen molar-refractivity contribution in [2.75, 3.05) is 25.0 Å². The second-order valence-electron chi connectivity index (χ2n) is 6.12. The molecule has 3 rings (SSSR count). The largest absolute Gasteiger partial charge is 0.369 e. The molecule has 1 aliphatic rings. The minimum atomic E-state index is -0.269. The molecule has 0 saturated carbocycles. The fraction of sp³-hybridized carbons (Fsp3) is 0.412. The number of rotatable bonds is 5. The van der Waals surface area contributed by atoms with Gasteiger partial charge in [-0.3, -0.25) is 14.7 Å². The van der Waals surface area contributed by atoms with Gasteiger partial charge in [0.25, 0.3) is 0 Å². The first kappa shape index (κ1) is 16.3. The standard InChI is InChI=1S/C17H22N6O/c1-12-10-16(22-17(20-12)13-2-6-19-7-3-13)21-14-4-8-23(9-5-14)11-15(18)24/h2-3,6-7,10,14H,4-5,8-9,11H2,1H3,(H2,18,24)(H,20,21,22). The molecule has 0 spiro atoms. The molecule has 126 valence electrons. The zero-order valence-corrected chi connectivity index (χ0v) is 13.8. The Hall–Kier alpha value is -2.54. The summed E-state index contributed by atoms with van der Waals surface area (Å²) in [5, 5.41) is 3.50. The Balaban J connectivity index is 1.66. The molecule has 1 aliphatic heterocycles. The summed E-state index contributed by atoms with van der Waals surface area (Å²) < 4.78 is 0. The van der Waals surface area contributed by atoms with E-state index in [4.69, 9.17) is 5.73 Å². The summed E-state index contributed by atoms with van der Waals surface area (Å²) in [6, 6.07) is 6.11. The van der Waals surface area contributed by atoms with E-state index < -0.39 is 0 Å². The topological polar surface area (TPSA) is 97.0 Å². The van der Waals surface area contributed by atoms with Crippen molar-refractivity contribution >= 4 is 11.7 Å². The number of nitrogens with zero attached hydrogens (tertiary/aromatic N) is 4. The predicted octanol–water partition coefficient (Wildman–Crippen LogP) is 1.21. The molecule has 7 heteroatoms. The highest BCUT2D eigenvalue weighted by molar-refractivity contribution is 5.75. The summed E-state index contributed by atoms with van der Waals surface area (Å²) in [6.07, 6.45) is 5.40. The van der Waals surface area contributed by atoms with Gasteiger partial charge in [0.2, 0.25) is 5.91 Å². The lowest BCUT2D eigenvalue weighted by molar-refractivity contribution is -0.119. The molecule has 1 saturated heterocycles. The van der Waals surface area contributed by atoms with Gasteiger partial charge >= 0.3 is 0 Å². The van der Waals surface area contributed by atoms with E-state index in [0.29, 0.717) is 18.4 Å². The van der Waals surface area contributed by atoms with Crippen molar-refractivity contribution in [3.05, 3.63) is 36.3 Å². The van der Waals surface area contributed by atoms with Crippen molar-refractivity contribution in [3.63, 3.8) is 0 Å². The van der Waals surface area contributed by atoms with Gasteiger partial charge in [-0.25, -0.2) is 9.97 Å². The van der Waals surface area contributed by atoms with Crippen LogP contribution in [0.3, 0.4) is 0 Å². The van der Waals surface area contributed by atoms with Crippen molar-refractivity contribution in [1.82, 2.24) is 19.9 Å². The van der Waals surface area contributed by atoms with Crippen molar-refractivity contribution in [2.45, 2.75) is 25.8 Å². The van der Waals surface area contributed by atoms with E-state index in [0.717, 1.165) is 43.0 Å². The normalized spacial score (nSPS) is 16.0. The van der Waals surface area contributed by atoms with Gasteiger partial charge in [0.05, 0.1) is 6.54 Å². The number of hydrogen-bond acceptors (Lipinski definition) is 6. The summed E-state index contributed by atoms with van der Waals surface area (Å²) in [6.45, 7) is 4.03. The molecule has 2 aromatic heterocycles. The van der Waals surface area contributed by atoms with Crippen molar-refractivity contribution in [1.29, 1.82) is 0 Å². The molecule has 0 radical (unpaired) electrons. The number of amides is 1. The number of likely N-dealkylation sites (tertiary alicyclic amines) is 1. The lowest BCUT2D eigenvalue weighted by Gasteiger charge is -2.31. The average molecular weight is 326 g/mol. The van der Waals surface area contributed by atoms with Gasteiger partial charge < -0.3 is 11.1 Å². The molecule has 0 aromatic carbocycles. The highest BCUT2D eigenvalue weighted by Crippen LogP contribution is 2.19. The number of carbonyl (C=O) groups excluding carboxylic acids is 1. The van der Waals surface area contributed by atoms with E-state index in [1.807, 2.05) is 25.1 Å². The van der Waals surface area contributed by atoms with Gasteiger partial charge in [-0.2, -0.15) is 0 Å². The number of carbonyl (C=O) groups is 1. The van der Waals surface area contributed by atoms with Crippen LogP contribution in [0, 0.1) is 6.92 Å². The summed E-state index contributed by atoms with van der Waals surface area (Å²) in [4.78, 5) is 26.2. The highest BCUT2D eigenvalue weighted by atomic mass is 16.1. The zero-order valence-electron chi connectivity index (χ0n) is 13.8. The zero-order chi connectivity index (χ0) is 16.9. The van der Waals surface area contributed by atoms with Crippen LogP contribution in [-0.4, -0.2) is 51.4 Å². The highest BCUT2D eigenvalue weighted by Gasteiger charge is 2.20. The molecule has 3 heterocycles. The minimum absolute atomic E-state index is 0.269. The van der Waals surface area contributed by atoms with Gasteiger partial charge in [-0.05, 0) is 31.9 Å². The number of nitrogens with two attached hydrogens (primary N) is 1. The number of primary amides is 1. The Morgan fingerprint density at radius 3 is 2.67 bits per heavy atom. The van der Waals surface area contributed by atoms with E-state index >= 15 is 0 Å². The van der Waals surface area contributed by atoms with Crippen molar-refractivity contribution in [3.8, 4) is 11.4 Å². The third kappa shape index (κ3) is 4.26. The molecular weight excluding hydrogens is 304 g/mol. The van der Waals surface area contributed by atoms with Crippen LogP contribution < -0.4 is 11.1 Å². The van der Waals surface area contributed by atoms with Crippen molar-refractivity contribution < 1.29 is 4.79 Å². The van der Waals surface area contributed by atoms with E-state index in [9.17, 15) is 4.79 Å². The first-order valence-electron chi connectivity index (χ1n) is 8.13. The van der Waals surface area contributed by atoms with Gasteiger partial charge in [-0.15, -0.1) is 0 Å². The maximum Gasteiger partial charge on any atom is 0.231 e. The smallest absolute Gasteiger partial charge is 0.231 e. The van der Waals surface area contributed by atoms with Crippen LogP contribution in [0.5, 0.6) is 0 Å². The number of piperidine rings is 1. The fourth-order valence-electron chi connectivity index (χ4n) is 2.94. The van der Waals surface area contributed by atoms with Crippen LogP contribution in [-0.2, 0) is 4.79 Å². The number of nitrogens with one attached hydrogen (secondary N) is 1. The molecule has 1 fully saturated rings. The molecule has 1 amide bonds. The summed E-state index contributed by atoms with van der Waals surface area (Å²) >= 11 is 0. The number of aromatic nitrogens is 3. The SMILES string of the molecule is Cc1cc(NC2CCN(CC(N)=O)CC2)nc(-c2ccncc2)n1. The summed E-state index contributed by atoms with van der Waals surface area (Å²) in [5.41, 5.74) is 7.13. The Labute approximate surface area is 141 Å². The summed E-state index contributed by atoms with van der Waals surface area (Å²) in [5.74, 6) is 1.27. The first-order chi connectivity index (χ1) is 11.6. The van der Waals surface area contributed by atoms with E-state index in [1.54, 1.807) is 12.4 Å². The van der Waals surface area contributed by atoms with E-state index in [1.165, 1.54) is 0 Å². The second-order valence-corrected chi connectivity index (χ2v) is 6.12. The summed E-state index contributed by atoms with van der Waals surface area (Å²) in [7, 11) is 0. The van der Waals surface area contributed by atoms with Crippen LogP contribution in [0.1, 0.15) is 18.5 Å². The van der Waals surface area contributed by atoms with Gasteiger partial charge in [0.1, 0.15) is 5.82 Å². The van der Waals surface area contributed by atoms with Crippen molar-refractivity contribution in [2.24, 2.45) is 5.73 Å². The van der Waals surface area contributed by atoms with Gasteiger partial charge in [0.15, 0.2) is 5.82 Å². The average Bonchev–Trinajstić information content (AvgIpc) is 2.56. The van der Waals surface area contributed by atoms with E-state index in [2.05, 4.69) is 25.2 Å². The van der Waals surface area contributed by atoms with Crippen LogP contribution in [0.2, 0.25) is 0 Å². The first-order valence-corrected chi connectivity index (χ1v) is 8.13. The molecule has 3 N–H and O–H groups in total. The predicted molar refractivity (Wildman–Crippen MR) is 92.3 cm³/mol. The maximum atomic E-state index is 11.0. The maximum absolute atomic E-state index is 11.0. The monoisotopic (exact) mass is 326 g/mol. The van der Waals surface area contributed by atoms with Crippen LogP contribution in [0.15, 0.2) is 30.6 Å². The fourth-order valence-corrected chi connectivity index (χ4v) is 2.94. The number of hydrogen-bond donors (Lipinski definition) is 2. The molecule has 0 atom stereocenters. The van der Waals surface area contributed by atoms with Crippen LogP contribution >= 0.6 is 0 Å². The molecule has 0 aliphatic carbocycles. The Bertz CT molecular complexity index is 697. The molecule has 0 bridgehead atoms. The molecule has 0 unspecified atom stereocenters. The number of anilines is 1. The number of aryl methyl sites for hydroxylation is 1. The Morgan fingerprint density at radius 2 is 2.00 bits per heavy atom. The molecule has 2 aromatic rings. The Kier molecular flexibility index (Phi) is 5.00. The second kappa shape index (κ2) is 7.35. The third-order valence-electron chi connectivity index (χ3n) is 4.11. The molecule has 7 nitrogen and oxygen atoms in total. The van der Waals surface area contributed by atoms with Gasteiger partial charge in [0, 0.05) is 48.8 Å². The molecular formula is C17H22N6O. The minimum Gasteiger partial charge on any atom is -0.369 e. The lowest BCUT2D eigenvalue weighted by Crippen LogP contribution is -2.43. The third-order valence-corrected chi connectivity index (χ3v) is 4.11.